The topological polar surface area (TPSA) is 68.1 Å². The minimum absolute atomic E-state index is 0.0646. The maximum absolute atomic E-state index is 10.9. The standard InChI is InChI=1S/C13H19N3O2/c1-10-3-2-4-11(6-5-10)15-12-7-8-14-9-13(12)16(17)18/h7-11H,2-6H2,1H3,(H,14,15). The molecule has 2 unspecified atom stereocenters. The average molecular weight is 249 g/mol. The third-order valence-corrected chi connectivity index (χ3v) is 3.61. The molecule has 0 saturated heterocycles. The van der Waals surface area contributed by atoms with E-state index in [0.29, 0.717) is 11.7 Å². The summed E-state index contributed by atoms with van der Waals surface area (Å²) in [5, 5.41) is 14.2. The van der Waals surface area contributed by atoms with E-state index in [1.54, 1.807) is 12.3 Å². The summed E-state index contributed by atoms with van der Waals surface area (Å²) >= 11 is 0. The van der Waals surface area contributed by atoms with Crippen LogP contribution in [0.3, 0.4) is 0 Å². The lowest BCUT2D eigenvalue weighted by molar-refractivity contribution is -0.384. The van der Waals surface area contributed by atoms with Crippen molar-refractivity contribution < 1.29 is 4.92 Å². The number of hydrogen-bond donors (Lipinski definition) is 1. The van der Waals surface area contributed by atoms with Crippen molar-refractivity contribution in [2.45, 2.75) is 45.1 Å². The summed E-state index contributed by atoms with van der Waals surface area (Å²) in [6, 6.07) is 2.03. The van der Waals surface area contributed by atoms with Crippen LogP contribution in [0.5, 0.6) is 0 Å². The van der Waals surface area contributed by atoms with Gasteiger partial charge in [-0.05, 0) is 31.2 Å². The van der Waals surface area contributed by atoms with Crippen LogP contribution in [0.15, 0.2) is 18.5 Å². The largest absolute Gasteiger partial charge is 0.377 e. The second kappa shape index (κ2) is 5.80. The Morgan fingerprint density at radius 1 is 1.39 bits per heavy atom. The number of pyridine rings is 1. The first-order chi connectivity index (χ1) is 8.66. The van der Waals surface area contributed by atoms with Crippen molar-refractivity contribution in [2.75, 3.05) is 5.32 Å². The van der Waals surface area contributed by atoms with Gasteiger partial charge in [0.25, 0.3) is 0 Å². The van der Waals surface area contributed by atoms with Gasteiger partial charge in [0, 0.05) is 12.2 Å². The monoisotopic (exact) mass is 249 g/mol. The van der Waals surface area contributed by atoms with E-state index in [1.165, 1.54) is 25.5 Å². The molecule has 0 aliphatic heterocycles. The number of aromatic nitrogens is 1. The van der Waals surface area contributed by atoms with Crippen LogP contribution < -0.4 is 5.32 Å². The highest BCUT2D eigenvalue weighted by Crippen LogP contribution is 2.28. The molecule has 0 bridgehead atoms. The van der Waals surface area contributed by atoms with Crippen LogP contribution >= 0.6 is 0 Å². The highest BCUT2D eigenvalue weighted by Gasteiger charge is 2.19. The molecular formula is C13H19N3O2. The molecule has 1 saturated carbocycles. The van der Waals surface area contributed by atoms with Crippen LogP contribution in [-0.2, 0) is 0 Å². The van der Waals surface area contributed by atoms with Crippen molar-refractivity contribution in [3.05, 3.63) is 28.6 Å². The molecule has 5 nitrogen and oxygen atoms in total. The summed E-state index contributed by atoms with van der Waals surface area (Å²) in [4.78, 5) is 14.3. The summed E-state index contributed by atoms with van der Waals surface area (Å²) in [6.45, 7) is 2.28. The number of nitro groups is 1. The second-order valence-electron chi connectivity index (χ2n) is 5.10. The molecule has 1 fully saturated rings. The molecule has 1 N–H and O–H groups in total. The van der Waals surface area contributed by atoms with E-state index in [4.69, 9.17) is 0 Å². The van der Waals surface area contributed by atoms with Gasteiger partial charge in [-0.3, -0.25) is 15.1 Å². The van der Waals surface area contributed by atoms with E-state index in [1.807, 2.05) is 0 Å². The van der Waals surface area contributed by atoms with Crippen molar-refractivity contribution in [1.29, 1.82) is 0 Å². The van der Waals surface area contributed by atoms with E-state index in [0.717, 1.165) is 18.8 Å². The summed E-state index contributed by atoms with van der Waals surface area (Å²) < 4.78 is 0. The lowest BCUT2D eigenvalue weighted by Crippen LogP contribution is -2.19. The minimum Gasteiger partial charge on any atom is -0.377 e. The van der Waals surface area contributed by atoms with Gasteiger partial charge < -0.3 is 5.32 Å². The van der Waals surface area contributed by atoms with E-state index < -0.39 is 0 Å². The third kappa shape index (κ3) is 3.18. The summed E-state index contributed by atoms with van der Waals surface area (Å²) in [5.74, 6) is 0.768. The van der Waals surface area contributed by atoms with Crippen LogP contribution in [0, 0.1) is 16.0 Å². The molecule has 98 valence electrons. The molecule has 1 aromatic rings. The molecule has 0 aromatic carbocycles. The number of nitrogens with one attached hydrogen (secondary N) is 1. The number of rotatable bonds is 3. The Hall–Kier alpha value is -1.65. The molecule has 1 aliphatic carbocycles. The number of anilines is 1. The molecule has 0 spiro atoms. The Morgan fingerprint density at radius 3 is 3.00 bits per heavy atom. The fourth-order valence-corrected chi connectivity index (χ4v) is 2.51. The maximum atomic E-state index is 10.9. The SMILES string of the molecule is CC1CCCC(Nc2ccncc2[N+](=O)[O-])CC1. The van der Waals surface area contributed by atoms with Crippen molar-refractivity contribution >= 4 is 11.4 Å². The minimum atomic E-state index is -0.380. The molecule has 2 atom stereocenters. The molecule has 1 heterocycles. The first-order valence-corrected chi connectivity index (χ1v) is 6.51. The van der Waals surface area contributed by atoms with Gasteiger partial charge in [-0.1, -0.05) is 19.8 Å². The van der Waals surface area contributed by atoms with E-state index >= 15 is 0 Å². The molecule has 1 aliphatic rings. The Labute approximate surface area is 107 Å². The Kier molecular flexibility index (Phi) is 4.12. The first kappa shape index (κ1) is 12.8. The Morgan fingerprint density at radius 2 is 2.22 bits per heavy atom. The van der Waals surface area contributed by atoms with Crippen molar-refractivity contribution in [1.82, 2.24) is 4.98 Å². The van der Waals surface area contributed by atoms with Crippen LogP contribution in [0.1, 0.15) is 39.0 Å². The van der Waals surface area contributed by atoms with E-state index in [9.17, 15) is 10.1 Å². The quantitative estimate of drug-likeness (QED) is 0.506. The van der Waals surface area contributed by atoms with Crippen molar-refractivity contribution in [2.24, 2.45) is 5.92 Å². The molecule has 18 heavy (non-hydrogen) atoms. The third-order valence-electron chi connectivity index (χ3n) is 3.61. The Bertz CT molecular complexity index is 422. The highest BCUT2D eigenvalue weighted by molar-refractivity contribution is 5.60. The van der Waals surface area contributed by atoms with E-state index in [2.05, 4.69) is 17.2 Å². The van der Waals surface area contributed by atoms with Crippen molar-refractivity contribution in [3.8, 4) is 0 Å². The summed E-state index contributed by atoms with van der Waals surface area (Å²) in [6.07, 6.45) is 8.71. The van der Waals surface area contributed by atoms with Crippen LogP contribution in [0.25, 0.3) is 0 Å². The highest BCUT2D eigenvalue weighted by atomic mass is 16.6. The van der Waals surface area contributed by atoms with Crippen LogP contribution in [-0.4, -0.2) is 15.9 Å². The summed E-state index contributed by atoms with van der Waals surface area (Å²) in [7, 11) is 0. The zero-order chi connectivity index (χ0) is 13.0. The summed E-state index contributed by atoms with van der Waals surface area (Å²) in [5.41, 5.74) is 0.657. The van der Waals surface area contributed by atoms with Gasteiger partial charge in [0.2, 0.25) is 0 Å². The number of hydrogen-bond acceptors (Lipinski definition) is 4. The predicted octanol–water partition coefficient (Wildman–Crippen LogP) is 3.37. The molecule has 1 aromatic heterocycles. The second-order valence-corrected chi connectivity index (χ2v) is 5.10. The van der Waals surface area contributed by atoms with Crippen molar-refractivity contribution in [3.63, 3.8) is 0 Å². The van der Waals surface area contributed by atoms with Crippen LogP contribution in [0.2, 0.25) is 0 Å². The van der Waals surface area contributed by atoms with Gasteiger partial charge in [0.15, 0.2) is 0 Å². The van der Waals surface area contributed by atoms with Gasteiger partial charge in [-0.25, -0.2) is 0 Å². The zero-order valence-electron chi connectivity index (χ0n) is 10.6. The molecule has 5 heteroatoms. The maximum Gasteiger partial charge on any atom is 0.310 e. The molecule has 2 rings (SSSR count). The van der Waals surface area contributed by atoms with E-state index in [-0.39, 0.29) is 10.6 Å². The Balaban J connectivity index is 2.06. The smallest absolute Gasteiger partial charge is 0.310 e. The normalized spacial score (nSPS) is 24.3. The van der Waals surface area contributed by atoms with Gasteiger partial charge in [-0.2, -0.15) is 0 Å². The first-order valence-electron chi connectivity index (χ1n) is 6.51. The van der Waals surface area contributed by atoms with Gasteiger partial charge in [0.05, 0.1) is 4.92 Å². The average Bonchev–Trinajstić information content (AvgIpc) is 2.55. The van der Waals surface area contributed by atoms with Gasteiger partial charge >= 0.3 is 5.69 Å². The zero-order valence-corrected chi connectivity index (χ0v) is 10.6. The predicted molar refractivity (Wildman–Crippen MR) is 70.6 cm³/mol. The lowest BCUT2D eigenvalue weighted by atomic mass is 10.0. The fourth-order valence-electron chi connectivity index (χ4n) is 2.51. The van der Waals surface area contributed by atoms with Gasteiger partial charge in [0.1, 0.15) is 11.9 Å². The van der Waals surface area contributed by atoms with Crippen LogP contribution in [0.4, 0.5) is 11.4 Å². The lowest BCUT2D eigenvalue weighted by Gasteiger charge is -2.17. The molecular weight excluding hydrogens is 230 g/mol. The van der Waals surface area contributed by atoms with Gasteiger partial charge in [-0.15, -0.1) is 0 Å². The molecule has 0 amide bonds. The number of nitrogens with zero attached hydrogens (tertiary/aromatic N) is 2. The molecule has 0 radical (unpaired) electrons. The fraction of sp³-hybridized carbons (Fsp3) is 0.615.